The molecule has 0 fully saturated rings. The number of hydrogen-bond acceptors (Lipinski definition) is 4. The first-order valence-electron chi connectivity index (χ1n) is 8.40. The summed E-state index contributed by atoms with van der Waals surface area (Å²) in [6.45, 7) is 10.9. The van der Waals surface area contributed by atoms with E-state index < -0.39 is 0 Å². The van der Waals surface area contributed by atoms with Crippen molar-refractivity contribution >= 4 is 17.0 Å². The zero-order valence-electron chi connectivity index (χ0n) is 15.3. The molecular formula is C20H23N3OS. The van der Waals surface area contributed by atoms with Gasteiger partial charge in [0.15, 0.2) is 0 Å². The van der Waals surface area contributed by atoms with E-state index >= 15 is 0 Å². The van der Waals surface area contributed by atoms with Gasteiger partial charge in [0.25, 0.3) is 0 Å². The lowest BCUT2D eigenvalue weighted by Gasteiger charge is -2.07. The Labute approximate surface area is 152 Å². The first-order valence-corrected chi connectivity index (χ1v) is 9.28. The minimum Gasteiger partial charge on any atom is -0.460 e. The predicted octanol–water partition coefficient (Wildman–Crippen LogP) is 4.93. The fourth-order valence-electron chi connectivity index (χ4n) is 2.57. The van der Waals surface area contributed by atoms with Gasteiger partial charge in [-0.25, -0.2) is 4.68 Å². The number of thiazole rings is 1. The first kappa shape index (κ1) is 17.4. The summed E-state index contributed by atoms with van der Waals surface area (Å²) in [5, 5.41) is 6.92. The molecule has 0 bridgehead atoms. The minimum atomic E-state index is 0.724. The molecule has 5 heteroatoms. The van der Waals surface area contributed by atoms with Gasteiger partial charge in [0.1, 0.15) is 17.2 Å². The highest BCUT2D eigenvalue weighted by atomic mass is 32.1. The molecule has 3 aromatic rings. The van der Waals surface area contributed by atoms with Crippen LogP contribution < -0.4 is 4.80 Å². The van der Waals surface area contributed by atoms with Crippen molar-refractivity contribution in [1.29, 1.82) is 0 Å². The molecule has 0 unspecified atom stereocenters. The molecule has 0 amide bonds. The third-order valence-electron chi connectivity index (χ3n) is 4.13. The van der Waals surface area contributed by atoms with E-state index in [9.17, 15) is 0 Å². The third-order valence-corrected chi connectivity index (χ3v) is 4.98. The van der Waals surface area contributed by atoms with Gasteiger partial charge in [0.2, 0.25) is 4.80 Å². The zero-order chi connectivity index (χ0) is 18.0. The standard InChI is InChI=1S/C20H23N3OS/c1-6-21-20-23(22-16(5)19-10-8-15(4)24-19)18(12-25-20)17-9-7-13(2)14(3)11-17/h7-12H,6H2,1-5H3. The van der Waals surface area contributed by atoms with Gasteiger partial charge in [-0.05, 0) is 63.9 Å². The second-order valence-corrected chi connectivity index (χ2v) is 6.92. The maximum absolute atomic E-state index is 5.70. The van der Waals surface area contributed by atoms with E-state index in [2.05, 4.69) is 42.4 Å². The molecule has 0 saturated carbocycles. The Morgan fingerprint density at radius 2 is 1.92 bits per heavy atom. The van der Waals surface area contributed by atoms with Gasteiger partial charge in [-0.2, -0.15) is 5.10 Å². The van der Waals surface area contributed by atoms with Gasteiger partial charge in [0.05, 0.1) is 5.69 Å². The molecule has 0 aliphatic rings. The van der Waals surface area contributed by atoms with Crippen molar-refractivity contribution in [3.8, 4) is 11.3 Å². The molecule has 0 aliphatic heterocycles. The van der Waals surface area contributed by atoms with E-state index in [4.69, 9.17) is 9.52 Å². The Morgan fingerprint density at radius 1 is 1.12 bits per heavy atom. The van der Waals surface area contributed by atoms with E-state index in [-0.39, 0.29) is 0 Å². The lowest BCUT2D eigenvalue weighted by Crippen LogP contribution is -2.14. The molecule has 2 heterocycles. The summed E-state index contributed by atoms with van der Waals surface area (Å²) >= 11 is 1.61. The van der Waals surface area contributed by atoms with Crippen LogP contribution in [0.2, 0.25) is 0 Å². The van der Waals surface area contributed by atoms with Gasteiger partial charge in [0, 0.05) is 17.5 Å². The Balaban J connectivity index is 2.15. The summed E-state index contributed by atoms with van der Waals surface area (Å²) in [7, 11) is 0. The summed E-state index contributed by atoms with van der Waals surface area (Å²) in [6.07, 6.45) is 0. The number of benzene rings is 1. The number of rotatable bonds is 4. The van der Waals surface area contributed by atoms with E-state index in [1.807, 2.05) is 37.6 Å². The molecular weight excluding hydrogens is 330 g/mol. The number of furan rings is 1. The number of nitrogens with zero attached hydrogens (tertiary/aromatic N) is 3. The second kappa shape index (κ2) is 7.23. The molecule has 0 N–H and O–H groups in total. The molecule has 4 nitrogen and oxygen atoms in total. The van der Waals surface area contributed by atoms with E-state index in [0.29, 0.717) is 0 Å². The largest absolute Gasteiger partial charge is 0.460 e. The van der Waals surface area contributed by atoms with Crippen LogP contribution >= 0.6 is 11.3 Å². The van der Waals surface area contributed by atoms with Crippen molar-refractivity contribution in [2.75, 3.05) is 6.54 Å². The van der Waals surface area contributed by atoms with Crippen molar-refractivity contribution in [2.45, 2.75) is 34.6 Å². The molecule has 1 aromatic carbocycles. The van der Waals surface area contributed by atoms with Gasteiger partial charge in [-0.3, -0.25) is 4.99 Å². The molecule has 3 rings (SSSR count). The third kappa shape index (κ3) is 3.66. The second-order valence-electron chi connectivity index (χ2n) is 6.08. The Hall–Kier alpha value is -2.40. The normalized spacial score (nSPS) is 12.8. The first-order chi connectivity index (χ1) is 12.0. The van der Waals surface area contributed by atoms with Gasteiger partial charge < -0.3 is 4.42 Å². The maximum atomic E-state index is 5.70. The van der Waals surface area contributed by atoms with Gasteiger partial charge in [-0.1, -0.05) is 12.1 Å². The summed E-state index contributed by atoms with van der Waals surface area (Å²) in [6, 6.07) is 10.4. The van der Waals surface area contributed by atoms with Crippen LogP contribution in [0.5, 0.6) is 0 Å². The van der Waals surface area contributed by atoms with Crippen molar-refractivity contribution < 1.29 is 4.42 Å². The highest BCUT2D eigenvalue weighted by molar-refractivity contribution is 7.07. The minimum absolute atomic E-state index is 0.724. The van der Waals surface area contributed by atoms with Crippen LogP contribution in [0.4, 0.5) is 0 Å². The van der Waals surface area contributed by atoms with Crippen molar-refractivity contribution in [3.63, 3.8) is 0 Å². The number of aryl methyl sites for hydroxylation is 3. The highest BCUT2D eigenvalue weighted by Gasteiger charge is 2.10. The molecule has 25 heavy (non-hydrogen) atoms. The van der Waals surface area contributed by atoms with Crippen LogP contribution in [0.1, 0.15) is 36.5 Å². The topological polar surface area (TPSA) is 42.8 Å². The van der Waals surface area contributed by atoms with Crippen LogP contribution in [0.3, 0.4) is 0 Å². The summed E-state index contributed by atoms with van der Waals surface area (Å²) in [5.74, 6) is 1.66. The summed E-state index contributed by atoms with van der Waals surface area (Å²) in [4.78, 5) is 5.48. The number of aromatic nitrogens is 1. The number of hydrogen-bond donors (Lipinski definition) is 0. The monoisotopic (exact) mass is 353 g/mol. The fraction of sp³-hybridized carbons (Fsp3) is 0.300. The summed E-state index contributed by atoms with van der Waals surface area (Å²) in [5.41, 5.74) is 5.57. The van der Waals surface area contributed by atoms with Crippen LogP contribution in [0.25, 0.3) is 11.3 Å². The van der Waals surface area contributed by atoms with E-state index in [1.165, 1.54) is 11.1 Å². The van der Waals surface area contributed by atoms with Crippen molar-refractivity contribution in [1.82, 2.24) is 4.68 Å². The van der Waals surface area contributed by atoms with Crippen LogP contribution in [-0.4, -0.2) is 16.9 Å². The maximum Gasteiger partial charge on any atom is 0.206 e. The Bertz CT molecular complexity index is 989. The smallest absolute Gasteiger partial charge is 0.206 e. The molecule has 0 radical (unpaired) electrons. The van der Waals surface area contributed by atoms with E-state index in [0.717, 1.165) is 39.8 Å². The van der Waals surface area contributed by atoms with Gasteiger partial charge >= 0.3 is 0 Å². The molecule has 130 valence electrons. The lowest BCUT2D eigenvalue weighted by molar-refractivity contribution is 0.524. The quantitative estimate of drug-likeness (QED) is 0.613. The Kier molecular flexibility index (Phi) is 5.04. The fourth-order valence-corrected chi connectivity index (χ4v) is 3.46. The average molecular weight is 353 g/mol. The average Bonchev–Trinajstić information content (AvgIpc) is 3.18. The SMILES string of the molecule is CCN=c1scc(-c2ccc(C)c(C)c2)n1N=C(C)c1ccc(C)o1. The summed E-state index contributed by atoms with van der Waals surface area (Å²) < 4.78 is 7.63. The Morgan fingerprint density at radius 3 is 2.56 bits per heavy atom. The molecule has 0 saturated heterocycles. The highest BCUT2D eigenvalue weighted by Crippen LogP contribution is 2.23. The van der Waals surface area contributed by atoms with Crippen molar-refractivity contribution in [2.24, 2.45) is 10.1 Å². The van der Waals surface area contributed by atoms with Gasteiger partial charge in [-0.15, -0.1) is 11.3 Å². The zero-order valence-corrected chi connectivity index (χ0v) is 16.1. The van der Waals surface area contributed by atoms with Crippen LogP contribution in [-0.2, 0) is 0 Å². The molecule has 0 atom stereocenters. The molecule has 0 aliphatic carbocycles. The lowest BCUT2D eigenvalue weighted by atomic mass is 10.1. The van der Waals surface area contributed by atoms with Crippen molar-refractivity contribution in [3.05, 3.63) is 63.2 Å². The van der Waals surface area contributed by atoms with Crippen LogP contribution in [0, 0.1) is 20.8 Å². The van der Waals surface area contributed by atoms with Crippen LogP contribution in [0.15, 0.2) is 50.2 Å². The molecule has 0 spiro atoms. The van der Waals surface area contributed by atoms with E-state index in [1.54, 1.807) is 11.3 Å². The predicted molar refractivity (Wildman–Crippen MR) is 104 cm³/mol. The molecule has 2 aromatic heterocycles.